The van der Waals surface area contributed by atoms with Gasteiger partial charge in [0.25, 0.3) is 0 Å². The van der Waals surface area contributed by atoms with Gasteiger partial charge in [-0.05, 0) is 30.9 Å². The lowest BCUT2D eigenvalue weighted by molar-refractivity contribution is 0.733. The summed E-state index contributed by atoms with van der Waals surface area (Å²) in [5.41, 5.74) is 9.12. The molecule has 0 unspecified atom stereocenters. The molecule has 1 aromatic carbocycles. The predicted octanol–water partition coefficient (Wildman–Crippen LogP) is 2.32. The fraction of sp³-hybridized carbons (Fsp3) is 0.333. The second-order valence-electron chi connectivity index (χ2n) is 4.98. The Hall–Kier alpha value is -1.74. The molecule has 2 N–H and O–H groups in total. The van der Waals surface area contributed by atoms with Gasteiger partial charge in [-0.3, -0.25) is 0 Å². The van der Waals surface area contributed by atoms with E-state index in [-0.39, 0.29) is 5.41 Å². The van der Waals surface area contributed by atoms with Crippen LogP contribution in [0.25, 0.3) is 0 Å². The minimum Gasteiger partial charge on any atom is -0.325 e. The molecular formula is C15H17N3. The highest BCUT2D eigenvalue weighted by atomic mass is 14.9. The zero-order valence-electron chi connectivity index (χ0n) is 10.6. The first-order valence-electron chi connectivity index (χ1n) is 6.35. The molecule has 3 rings (SSSR count). The number of aryl methyl sites for hydroxylation is 1. The lowest BCUT2D eigenvalue weighted by atomic mass is 9.95. The Bertz CT molecular complexity index is 559. The van der Waals surface area contributed by atoms with E-state index in [4.69, 9.17) is 5.73 Å². The van der Waals surface area contributed by atoms with Crippen LogP contribution in [0.2, 0.25) is 0 Å². The van der Waals surface area contributed by atoms with Gasteiger partial charge in [0.15, 0.2) is 0 Å². The summed E-state index contributed by atoms with van der Waals surface area (Å²) in [6, 6.07) is 10.5. The zero-order valence-corrected chi connectivity index (χ0v) is 10.6. The van der Waals surface area contributed by atoms with E-state index < -0.39 is 0 Å². The number of nitrogens with zero attached hydrogens (tertiary/aromatic N) is 2. The second-order valence-corrected chi connectivity index (χ2v) is 4.98. The maximum Gasteiger partial charge on any atom is 0.139 e. The maximum absolute atomic E-state index is 5.73. The monoisotopic (exact) mass is 239 g/mol. The van der Waals surface area contributed by atoms with Crippen molar-refractivity contribution in [2.75, 3.05) is 0 Å². The van der Waals surface area contributed by atoms with E-state index in [0.29, 0.717) is 6.54 Å². The topological polar surface area (TPSA) is 51.8 Å². The van der Waals surface area contributed by atoms with Crippen LogP contribution < -0.4 is 5.73 Å². The molecule has 0 amide bonds. The van der Waals surface area contributed by atoms with E-state index in [0.717, 1.165) is 29.9 Å². The summed E-state index contributed by atoms with van der Waals surface area (Å²) in [5, 5.41) is 0. The van der Waals surface area contributed by atoms with Crippen molar-refractivity contribution in [1.82, 2.24) is 9.97 Å². The Labute approximate surface area is 107 Å². The molecule has 1 saturated carbocycles. The molecule has 1 aromatic heterocycles. The summed E-state index contributed by atoms with van der Waals surface area (Å²) in [5.74, 6) is 0.930. The molecule has 1 aliphatic carbocycles. The number of nitrogens with two attached hydrogens (primary N) is 1. The molecule has 18 heavy (non-hydrogen) atoms. The highest BCUT2D eigenvalue weighted by Crippen LogP contribution is 2.51. The van der Waals surface area contributed by atoms with Gasteiger partial charge in [0, 0.05) is 12.7 Å². The summed E-state index contributed by atoms with van der Waals surface area (Å²) in [6.07, 6.45) is 4.15. The lowest BCUT2D eigenvalue weighted by Crippen LogP contribution is -2.16. The molecule has 3 heteroatoms. The van der Waals surface area contributed by atoms with Crippen LogP contribution in [0.1, 0.15) is 35.5 Å². The molecule has 1 aliphatic rings. The Morgan fingerprint density at radius 1 is 1.22 bits per heavy atom. The van der Waals surface area contributed by atoms with Crippen LogP contribution >= 0.6 is 0 Å². The first-order chi connectivity index (χ1) is 8.76. The molecule has 92 valence electrons. The van der Waals surface area contributed by atoms with Crippen molar-refractivity contribution in [3.63, 3.8) is 0 Å². The first-order valence-corrected chi connectivity index (χ1v) is 6.35. The van der Waals surface area contributed by atoms with Gasteiger partial charge in [0.2, 0.25) is 0 Å². The summed E-state index contributed by atoms with van der Waals surface area (Å²) in [6.45, 7) is 2.49. The highest BCUT2D eigenvalue weighted by Gasteiger charge is 2.48. The van der Waals surface area contributed by atoms with E-state index >= 15 is 0 Å². The normalized spacial score (nSPS) is 16.6. The van der Waals surface area contributed by atoms with Crippen LogP contribution in [0.5, 0.6) is 0 Å². The third-order valence-corrected chi connectivity index (χ3v) is 3.77. The second kappa shape index (κ2) is 4.18. The Morgan fingerprint density at radius 3 is 2.56 bits per heavy atom. The molecule has 0 aliphatic heterocycles. The summed E-state index contributed by atoms with van der Waals surface area (Å²) in [4.78, 5) is 9.20. The fourth-order valence-electron chi connectivity index (χ4n) is 2.44. The lowest BCUT2D eigenvalue weighted by Gasteiger charge is -2.15. The molecular weight excluding hydrogens is 222 g/mol. The maximum atomic E-state index is 5.73. The fourth-order valence-corrected chi connectivity index (χ4v) is 2.44. The van der Waals surface area contributed by atoms with Gasteiger partial charge in [0.05, 0.1) is 11.1 Å². The largest absolute Gasteiger partial charge is 0.325 e. The Kier molecular flexibility index (Phi) is 2.63. The van der Waals surface area contributed by atoms with E-state index in [9.17, 15) is 0 Å². The van der Waals surface area contributed by atoms with Crippen molar-refractivity contribution in [2.45, 2.75) is 31.7 Å². The van der Waals surface area contributed by atoms with Gasteiger partial charge >= 0.3 is 0 Å². The minimum atomic E-state index is 0.0406. The highest BCUT2D eigenvalue weighted by molar-refractivity contribution is 5.39. The molecule has 0 spiro atoms. The quantitative estimate of drug-likeness (QED) is 0.894. The standard InChI is InChI=1S/C15H17N3/c1-11-10-17-14(18-13(11)9-16)15(7-8-15)12-5-3-2-4-6-12/h2-6,10H,7-9,16H2,1H3. The number of aromatic nitrogens is 2. The van der Waals surface area contributed by atoms with Gasteiger partial charge < -0.3 is 5.73 Å². The van der Waals surface area contributed by atoms with Crippen LogP contribution in [0.3, 0.4) is 0 Å². The van der Waals surface area contributed by atoms with Crippen LogP contribution in [0, 0.1) is 6.92 Å². The van der Waals surface area contributed by atoms with Crippen LogP contribution in [0.4, 0.5) is 0 Å². The SMILES string of the molecule is Cc1cnc(C2(c3ccccc3)CC2)nc1CN. The van der Waals surface area contributed by atoms with Gasteiger partial charge in [-0.15, -0.1) is 0 Å². The molecule has 0 radical (unpaired) electrons. The molecule has 3 nitrogen and oxygen atoms in total. The van der Waals surface area contributed by atoms with Crippen molar-refractivity contribution in [3.8, 4) is 0 Å². The Balaban J connectivity index is 2.05. The smallest absolute Gasteiger partial charge is 0.139 e. The number of hydrogen-bond acceptors (Lipinski definition) is 3. The molecule has 2 aromatic rings. The van der Waals surface area contributed by atoms with Crippen molar-refractivity contribution in [2.24, 2.45) is 5.73 Å². The Morgan fingerprint density at radius 2 is 1.94 bits per heavy atom. The van der Waals surface area contributed by atoms with Crippen molar-refractivity contribution >= 4 is 0 Å². The van der Waals surface area contributed by atoms with E-state index in [1.165, 1.54) is 5.56 Å². The first kappa shape index (κ1) is 11.4. The average molecular weight is 239 g/mol. The van der Waals surface area contributed by atoms with Gasteiger partial charge in [-0.25, -0.2) is 9.97 Å². The average Bonchev–Trinajstić information content (AvgIpc) is 3.22. The van der Waals surface area contributed by atoms with Crippen molar-refractivity contribution in [1.29, 1.82) is 0 Å². The molecule has 0 bridgehead atoms. The van der Waals surface area contributed by atoms with Gasteiger partial charge in [0.1, 0.15) is 5.82 Å². The summed E-state index contributed by atoms with van der Waals surface area (Å²) < 4.78 is 0. The van der Waals surface area contributed by atoms with Gasteiger partial charge in [-0.1, -0.05) is 30.3 Å². The summed E-state index contributed by atoms with van der Waals surface area (Å²) >= 11 is 0. The van der Waals surface area contributed by atoms with E-state index in [1.807, 2.05) is 19.2 Å². The van der Waals surface area contributed by atoms with Gasteiger partial charge in [-0.2, -0.15) is 0 Å². The van der Waals surface area contributed by atoms with E-state index in [1.54, 1.807) is 0 Å². The number of rotatable bonds is 3. The van der Waals surface area contributed by atoms with E-state index in [2.05, 4.69) is 34.2 Å². The molecule has 1 heterocycles. The van der Waals surface area contributed by atoms with Crippen LogP contribution in [-0.4, -0.2) is 9.97 Å². The number of benzene rings is 1. The molecule has 0 saturated heterocycles. The molecule has 1 fully saturated rings. The van der Waals surface area contributed by atoms with Crippen LogP contribution in [-0.2, 0) is 12.0 Å². The third kappa shape index (κ3) is 1.71. The van der Waals surface area contributed by atoms with Crippen molar-refractivity contribution < 1.29 is 0 Å². The summed E-state index contributed by atoms with van der Waals surface area (Å²) in [7, 11) is 0. The van der Waals surface area contributed by atoms with Crippen LogP contribution in [0.15, 0.2) is 36.5 Å². The minimum absolute atomic E-state index is 0.0406. The predicted molar refractivity (Wildman–Crippen MR) is 71.1 cm³/mol. The third-order valence-electron chi connectivity index (χ3n) is 3.77. The molecule has 0 atom stereocenters. The zero-order chi connectivity index (χ0) is 12.6. The number of hydrogen-bond donors (Lipinski definition) is 1. The van der Waals surface area contributed by atoms with Crippen molar-refractivity contribution in [3.05, 3.63) is 59.2 Å².